The molecule has 114 valence electrons. The monoisotopic (exact) mass is 305 g/mol. The van der Waals surface area contributed by atoms with Crippen molar-refractivity contribution >= 4 is 33.6 Å². The second-order valence-corrected chi connectivity index (χ2v) is 5.29. The summed E-state index contributed by atoms with van der Waals surface area (Å²) in [6.45, 7) is 0.122. The average Bonchev–Trinajstić information content (AvgIpc) is 2.93. The lowest BCUT2D eigenvalue weighted by Crippen LogP contribution is -1.98. The van der Waals surface area contributed by atoms with Gasteiger partial charge in [-0.15, -0.1) is 0 Å². The van der Waals surface area contributed by atoms with Gasteiger partial charge in [0, 0.05) is 36.0 Å². The van der Waals surface area contributed by atoms with Crippen LogP contribution in [0.4, 0.5) is 11.6 Å². The lowest BCUT2D eigenvalue weighted by Gasteiger charge is -2.06. The fraction of sp³-hybridized carbons (Fsp3) is 0.118. The van der Waals surface area contributed by atoms with Crippen molar-refractivity contribution in [2.24, 2.45) is 0 Å². The Bertz CT molecular complexity index is 979. The first-order valence-electron chi connectivity index (χ1n) is 7.39. The summed E-state index contributed by atoms with van der Waals surface area (Å²) in [4.78, 5) is 16.3. The standard InChI is InChI=1S/C17H15N5O/c23-8-5-11-3-7-19-16(9-11)21-15-2-1-12-13-10-18-6-4-14(13)20-17(12)22-15/h1-4,6-7,9-10,23H,5,8H2,(H2,19,20,21,22). The summed E-state index contributed by atoms with van der Waals surface area (Å²) >= 11 is 0. The molecule has 23 heavy (non-hydrogen) atoms. The van der Waals surface area contributed by atoms with Crippen LogP contribution in [-0.2, 0) is 6.42 Å². The molecule has 4 aromatic rings. The SMILES string of the molecule is OCCc1ccnc(Nc2ccc3c(n2)[nH]c2ccncc23)c1. The Morgan fingerprint density at radius 3 is 2.91 bits per heavy atom. The number of nitrogens with zero attached hydrogens (tertiary/aromatic N) is 3. The van der Waals surface area contributed by atoms with E-state index in [-0.39, 0.29) is 6.61 Å². The summed E-state index contributed by atoms with van der Waals surface area (Å²) in [7, 11) is 0. The average molecular weight is 305 g/mol. The van der Waals surface area contributed by atoms with Gasteiger partial charge >= 0.3 is 0 Å². The van der Waals surface area contributed by atoms with Crippen molar-refractivity contribution in [3.63, 3.8) is 0 Å². The van der Waals surface area contributed by atoms with E-state index >= 15 is 0 Å². The highest BCUT2D eigenvalue weighted by Crippen LogP contribution is 2.25. The Hall–Kier alpha value is -2.99. The highest BCUT2D eigenvalue weighted by Gasteiger charge is 2.07. The number of hydrogen-bond acceptors (Lipinski definition) is 5. The number of rotatable bonds is 4. The number of hydrogen-bond donors (Lipinski definition) is 3. The van der Waals surface area contributed by atoms with Gasteiger partial charge in [-0.25, -0.2) is 9.97 Å². The zero-order chi connectivity index (χ0) is 15.6. The molecule has 0 saturated carbocycles. The first-order chi connectivity index (χ1) is 11.3. The number of aromatic nitrogens is 4. The van der Waals surface area contributed by atoms with Crippen LogP contribution in [0.3, 0.4) is 0 Å². The van der Waals surface area contributed by atoms with Crippen LogP contribution in [0.1, 0.15) is 5.56 Å². The van der Waals surface area contributed by atoms with Crippen LogP contribution in [0.2, 0.25) is 0 Å². The van der Waals surface area contributed by atoms with Crippen LogP contribution in [-0.4, -0.2) is 31.6 Å². The normalized spacial score (nSPS) is 11.2. The van der Waals surface area contributed by atoms with Crippen LogP contribution >= 0.6 is 0 Å². The number of fused-ring (bicyclic) bond motifs is 3. The number of anilines is 2. The highest BCUT2D eigenvalue weighted by molar-refractivity contribution is 6.05. The molecule has 0 aliphatic heterocycles. The molecule has 6 nitrogen and oxygen atoms in total. The molecule has 4 heterocycles. The van der Waals surface area contributed by atoms with Gasteiger partial charge in [-0.2, -0.15) is 0 Å². The maximum Gasteiger partial charge on any atom is 0.140 e. The van der Waals surface area contributed by atoms with Crippen LogP contribution in [0.5, 0.6) is 0 Å². The molecule has 3 N–H and O–H groups in total. The number of aromatic amines is 1. The maximum atomic E-state index is 9.03. The molecule has 0 atom stereocenters. The Morgan fingerprint density at radius 1 is 1.04 bits per heavy atom. The number of nitrogens with one attached hydrogen (secondary N) is 2. The molecule has 0 fully saturated rings. The van der Waals surface area contributed by atoms with E-state index in [1.54, 1.807) is 12.4 Å². The summed E-state index contributed by atoms with van der Waals surface area (Å²) in [6, 6.07) is 9.68. The molecule has 6 heteroatoms. The van der Waals surface area contributed by atoms with Gasteiger partial charge in [-0.1, -0.05) is 0 Å². The summed E-state index contributed by atoms with van der Waals surface area (Å²) in [5.74, 6) is 1.42. The topological polar surface area (TPSA) is 86.7 Å². The van der Waals surface area contributed by atoms with Crippen LogP contribution in [0.15, 0.2) is 48.9 Å². The van der Waals surface area contributed by atoms with Crippen molar-refractivity contribution < 1.29 is 5.11 Å². The molecule has 0 radical (unpaired) electrons. The van der Waals surface area contributed by atoms with Crippen molar-refractivity contribution in [3.8, 4) is 0 Å². The smallest absolute Gasteiger partial charge is 0.140 e. The molecule has 0 amide bonds. The minimum Gasteiger partial charge on any atom is -0.396 e. The Balaban J connectivity index is 1.69. The van der Waals surface area contributed by atoms with Gasteiger partial charge in [0.2, 0.25) is 0 Å². The van der Waals surface area contributed by atoms with Gasteiger partial charge in [0.15, 0.2) is 0 Å². The Labute approximate surface area is 132 Å². The van der Waals surface area contributed by atoms with Crippen LogP contribution < -0.4 is 5.32 Å². The first-order valence-corrected chi connectivity index (χ1v) is 7.39. The largest absolute Gasteiger partial charge is 0.396 e. The van der Waals surface area contributed by atoms with Gasteiger partial charge < -0.3 is 15.4 Å². The third kappa shape index (κ3) is 2.60. The number of aliphatic hydroxyl groups excluding tert-OH is 1. The second kappa shape index (κ2) is 5.66. The van der Waals surface area contributed by atoms with Gasteiger partial charge in [-0.05, 0) is 42.3 Å². The molecule has 0 unspecified atom stereocenters. The fourth-order valence-corrected chi connectivity index (χ4v) is 2.65. The predicted molar refractivity (Wildman–Crippen MR) is 89.7 cm³/mol. The molecule has 0 spiro atoms. The second-order valence-electron chi connectivity index (χ2n) is 5.29. The van der Waals surface area contributed by atoms with Gasteiger partial charge in [0.05, 0.1) is 5.52 Å². The lowest BCUT2D eigenvalue weighted by atomic mass is 10.2. The minimum atomic E-state index is 0.122. The fourth-order valence-electron chi connectivity index (χ4n) is 2.65. The Kier molecular flexibility index (Phi) is 3.36. The van der Waals surface area contributed by atoms with Crippen molar-refractivity contribution in [1.29, 1.82) is 0 Å². The van der Waals surface area contributed by atoms with E-state index in [1.165, 1.54) is 0 Å². The zero-order valence-corrected chi connectivity index (χ0v) is 12.3. The van der Waals surface area contributed by atoms with E-state index in [9.17, 15) is 0 Å². The highest BCUT2D eigenvalue weighted by atomic mass is 16.2. The van der Waals surface area contributed by atoms with Gasteiger partial charge in [0.25, 0.3) is 0 Å². The molecule has 0 aliphatic rings. The van der Waals surface area contributed by atoms with Crippen molar-refractivity contribution in [2.75, 3.05) is 11.9 Å². The predicted octanol–water partition coefficient (Wildman–Crippen LogP) is 2.78. The molecule has 0 saturated heterocycles. The van der Waals surface area contributed by atoms with Crippen LogP contribution in [0, 0.1) is 0 Å². The van der Waals surface area contributed by atoms with Crippen molar-refractivity contribution in [3.05, 3.63) is 54.5 Å². The van der Waals surface area contributed by atoms with E-state index in [0.29, 0.717) is 18.1 Å². The summed E-state index contributed by atoms with van der Waals surface area (Å²) < 4.78 is 0. The Morgan fingerprint density at radius 2 is 2.00 bits per heavy atom. The number of pyridine rings is 3. The molecule has 4 rings (SSSR count). The molecular weight excluding hydrogens is 290 g/mol. The summed E-state index contributed by atoms with van der Waals surface area (Å²) in [6.07, 6.45) is 5.93. The van der Waals surface area contributed by atoms with E-state index in [0.717, 1.165) is 27.5 Å². The van der Waals surface area contributed by atoms with Crippen molar-refractivity contribution in [1.82, 2.24) is 19.9 Å². The molecule has 0 bridgehead atoms. The third-order valence-electron chi connectivity index (χ3n) is 3.74. The first kappa shape index (κ1) is 13.7. The van der Waals surface area contributed by atoms with E-state index < -0.39 is 0 Å². The van der Waals surface area contributed by atoms with Gasteiger partial charge in [-0.3, -0.25) is 4.98 Å². The quantitative estimate of drug-likeness (QED) is 0.539. The molecular formula is C17H15N5O. The van der Waals surface area contributed by atoms with E-state index in [2.05, 4.69) is 25.3 Å². The summed E-state index contributed by atoms with van der Waals surface area (Å²) in [5.41, 5.74) is 2.86. The molecule has 0 aliphatic carbocycles. The number of aliphatic hydroxyl groups is 1. The minimum absolute atomic E-state index is 0.122. The third-order valence-corrected chi connectivity index (χ3v) is 3.74. The van der Waals surface area contributed by atoms with E-state index in [1.807, 2.05) is 36.5 Å². The summed E-state index contributed by atoms with van der Waals surface area (Å²) in [5, 5.41) is 14.3. The molecule has 0 aromatic carbocycles. The maximum absolute atomic E-state index is 9.03. The molecule has 4 aromatic heterocycles. The lowest BCUT2D eigenvalue weighted by molar-refractivity contribution is 0.299. The van der Waals surface area contributed by atoms with E-state index in [4.69, 9.17) is 5.11 Å². The van der Waals surface area contributed by atoms with Gasteiger partial charge in [0.1, 0.15) is 17.3 Å². The number of H-pyrrole nitrogens is 1. The van der Waals surface area contributed by atoms with Crippen molar-refractivity contribution in [2.45, 2.75) is 6.42 Å². The zero-order valence-electron chi connectivity index (χ0n) is 12.3. The van der Waals surface area contributed by atoms with Crippen LogP contribution in [0.25, 0.3) is 21.9 Å².